The average Bonchev–Trinajstić information content (AvgIpc) is 3.10. The highest BCUT2D eigenvalue weighted by Crippen LogP contribution is 2.21. The number of benzene rings is 1. The number of aromatic hydroxyl groups is 1. The number of phenols is 1. The molecule has 1 saturated heterocycles. The molecule has 2 N–H and O–H groups in total. The molecule has 2 aromatic rings. The van der Waals surface area contributed by atoms with E-state index in [9.17, 15) is 9.90 Å². The van der Waals surface area contributed by atoms with Crippen LogP contribution in [0, 0.1) is 0 Å². The van der Waals surface area contributed by atoms with Crippen molar-refractivity contribution < 1.29 is 14.6 Å². The molecule has 3 rings (SSSR count). The molecule has 1 aliphatic heterocycles. The van der Waals surface area contributed by atoms with Crippen molar-refractivity contribution in [2.45, 2.75) is 12.5 Å². The fourth-order valence-electron chi connectivity index (χ4n) is 2.86. The quantitative estimate of drug-likeness (QED) is 0.875. The van der Waals surface area contributed by atoms with Crippen LogP contribution in [0.1, 0.15) is 16.8 Å². The van der Waals surface area contributed by atoms with E-state index in [0.29, 0.717) is 6.54 Å². The highest BCUT2D eigenvalue weighted by Gasteiger charge is 2.18. The molecule has 1 amide bonds. The summed E-state index contributed by atoms with van der Waals surface area (Å²) in [7, 11) is 2.07. The van der Waals surface area contributed by atoms with Crippen molar-refractivity contribution >= 4 is 5.91 Å². The normalized spacial score (nSPS) is 18.5. The van der Waals surface area contributed by atoms with Crippen LogP contribution in [0.4, 0.5) is 0 Å². The number of carbonyl (C=O) groups is 1. The van der Waals surface area contributed by atoms with Gasteiger partial charge in [0.25, 0.3) is 5.91 Å². The summed E-state index contributed by atoms with van der Waals surface area (Å²) in [6.07, 6.45) is 4.69. The van der Waals surface area contributed by atoms with Gasteiger partial charge in [0.2, 0.25) is 0 Å². The Hall–Kier alpha value is -2.31. The number of hydrogen-bond donors (Lipinski definition) is 2. The third kappa shape index (κ3) is 3.96. The maximum atomic E-state index is 12.4. The van der Waals surface area contributed by atoms with Crippen LogP contribution in [0.3, 0.4) is 0 Å². The van der Waals surface area contributed by atoms with Crippen molar-refractivity contribution in [3.05, 3.63) is 48.3 Å². The van der Waals surface area contributed by atoms with Gasteiger partial charge in [-0.15, -0.1) is 0 Å². The lowest BCUT2D eigenvalue weighted by atomic mass is 10.1. The molecular formula is C18H23N3O3. The van der Waals surface area contributed by atoms with E-state index in [1.165, 1.54) is 0 Å². The molecule has 0 aliphatic carbocycles. The number of aromatic nitrogens is 1. The van der Waals surface area contributed by atoms with Crippen LogP contribution < -0.4 is 5.32 Å². The zero-order valence-electron chi connectivity index (χ0n) is 13.8. The van der Waals surface area contributed by atoms with Crippen LogP contribution in [0.25, 0.3) is 5.69 Å². The molecule has 0 radical (unpaired) electrons. The van der Waals surface area contributed by atoms with Crippen molar-refractivity contribution in [3.8, 4) is 11.4 Å². The molecular weight excluding hydrogens is 306 g/mol. The molecule has 0 spiro atoms. The molecule has 0 saturated carbocycles. The smallest absolute Gasteiger partial charge is 0.255 e. The van der Waals surface area contributed by atoms with Crippen LogP contribution >= 0.6 is 0 Å². The summed E-state index contributed by atoms with van der Waals surface area (Å²) in [5.74, 6) is -0.289. The molecule has 1 aromatic heterocycles. The number of hydrogen-bond acceptors (Lipinski definition) is 4. The van der Waals surface area contributed by atoms with Gasteiger partial charge in [-0.25, -0.2) is 0 Å². The predicted molar refractivity (Wildman–Crippen MR) is 91.6 cm³/mol. The molecule has 1 aromatic carbocycles. The topological polar surface area (TPSA) is 66.7 Å². The fraction of sp³-hybridized carbons (Fsp3) is 0.389. The van der Waals surface area contributed by atoms with E-state index in [1.54, 1.807) is 18.2 Å². The number of ether oxygens (including phenoxy) is 1. The number of likely N-dealkylation sites (N-methyl/N-ethyl adjacent to an activating group) is 1. The van der Waals surface area contributed by atoms with Crippen molar-refractivity contribution in [3.63, 3.8) is 0 Å². The molecule has 0 bridgehead atoms. The van der Waals surface area contributed by atoms with E-state index in [2.05, 4.69) is 17.3 Å². The summed E-state index contributed by atoms with van der Waals surface area (Å²) in [6, 6.07) is 8.83. The number of rotatable bonds is 5. The first-order valence-electron chi connectivity index (χ1n) is 8.18. The van der Waals surface area contributed by atoms with Gasteiger partial charge in [0.1, 0.15) is 5.75 Å². The average molecular weight is 329 g/mol. The Morgan fingerprint density at radius 1 is 1.38 bits per heavy atom. The number of amides is 1. The van der Waals surface area contributed by atoms with E-state index >= 15 is 0 Å². The number of carbonyl (C=O) groups excluding carboxylic acids is 1. The molecule has 1 aliphatic rings. The van der Waals surface area contributed by atoms with Gasteiger partial charge in [-0.2, -0.15) is 0 Å². The van der Waals surface area contributed by atoms with Crippen molar-refractivity contribution in [1.29, 1.82) is 0 Å². The Morgan fingerprint density at radius 3 is 2.92 bits per heavy atom. The molecule has 24 heavy (non-hydrogen) atoms. The molecule has 128 valence electrons. The molecule has 2 heterocycles. The minimum absolute atomic E-state index is 0.0166. The first kappa shape index (κ1) is 16.5. The number of phenolic OH excluding ortho intramolecular Hbond substituents is 1. The summed E-state index contributed by atoms with van der Waals surface area (Å²) in [5.41, 5.74) is 1.11. The van der Waals surface area contributed by atoms with Crippen molar-refractivity contribution in [2.24, 2.45) is 0 Å². The van der Waals surface area contributed by atoms with Gasteiger partial charge in [0.15, 0.2) is 0 Å². The predicted octanol–water partition coefficient (Wildman–Crippen LogP) is 1.63. The second-order valence-electron chi connectivity index (χ2n) is 6.09. The first-order valence-corrected chi connectivity index (χ1v) is 8.18. The Bertz CT molecular complexity index is 685. The van der Waals surface area contributed by atoms with E-state index < -0.39 is 0 Å². The Labute approximate surface area is 141 Å². The Balaban J connectivity index is 1.59. The molecule has 1 fully saturated rings. The molecule has 1 unspecified atom stereocenters. The van der Waals surface area contributed by atoms with Crippen LogP contribution in [0.5, 0.6) is 5.75 Å². The van der Waals surface area contributed by atoms with Gasteiger partial charge >= 0.3 is 0 Å². The van der Waals surface area contributed by atoms with Crippen LogP contribution in [0.2, 0.25) is 0 Å². The summed E-state index contributed by atoms with van der Waals surface area (Å²) < 4.78 is 7.57. The third-order valence-corrected chi connectivity index (χ3v) is 4.22. The zero-order chi connectivity index (χ0) is 16.9. The highest BCUT2D eigenvalue weighted by atomic mass is 16.5. The van der Waals surface area contributed by atoms with E-state index in [1.807, 2.05) is 29.1 Å². The molecule has 6 nitrogen and oxygen atoms in total. The lowest BCUT2D eigenvalue weighted by Crippen LogP contribution is -2.41. The number of nitrogens with zero attached hydrogens (tertiary/aromatic N) is 2. The standard InChI is InChI=1S/C18H23N3O3/c1-20-10-11-24-15(13-20)6-7-19-18(23)16-12-14(4-5-17(16)22)21-8-2-3-9-21/h2-5,8-9,12,15,22H,6-7,10-11,13H2,1H3,(H,19,23). The molecule has 6 heteroatoms. The van der Waals surface area contributed by atoms with Crippen LogP contribution in [-0.4, -0.2) is 59.9 Å². The Kier molecular flexibility index (Phi) is 5.17. The molecule has 1 atom stereocenters. The minimum atomic E-state index is -0.273. The maximum Gasteiger partial charge on any atom is 0.255 e. The zero-order valence-corrected chi connectivity index (χ0v) is 13.8. The summed E-state index contributed by atoms with van der Waals surface area (Å²) >= 11 is 0. The second-order valence-corrected chi connectivity index (χ2v) is 6.09. The van der Waals surface area contributed by atoms with Crippen molar-refractivity contribution in [2.75, 3.05) is 33.3 Å². The third-order valence-electron chi connectivity index (χ3n) is 4.22. The van der Waals surface area contributed by atoms with Crippen LogP contribution in [0.15, 0.2) is 42.7 Å². The second kappa shape index (κ2) is 7.51. The minimum Gasteiger partial charge on any atom is -0.507 e. The fourth-order valence-corrected chi connectivity index (χ4v) is 2.86. The number of morpholine rings is 1. The summed E-state index contributed by atoms with van der Waals surface area (Å²) in [6.45, 7) is 3.08. The van der Waals surface area contributed by atoms with Gasteiger partial charge in [-0.1, -0.05) is 0 Å². The first-order chi connectivity index (χ1) is 11.6. The lowest BCUT2D eigenvalue weighted by Gasteiger charge is -2.30. The lowest BCUT2D eigenvalue weighted by molar-refractivity contribution is -0.0226. The summed E-state index contributed by atoms with van der Waals surface area (Å²) in [4.78, 5) is 14.6. The van der Waals surface area contributed by atoms with Crippen molar-refractivity contribution in [1.82, 2.24) is 14.8 Å². The SMILES string of the molecule is CN1CCOC(CCNC(=O)c2cc(-n3cccc3)ccc2O)C1. The van der Waals surface area contributed by atoms with E-state index in [0.717, 1.165) is 31.8 Å². The summed E-state index contributed by atoms with van der Waals surface area (Å²) in [5, 5.41) is 12.9. The largest absolute Gasteiger partial charge is 0.507 e. The van der Waals surface area contributed by atoms with Gasteiger partial charge in [-0.3, -0.25) is 4.79 Å². The Morgan fingerprint density at radius 2 is 2.17 bits per heavy atom. The van der Waals surface area contributed by atoms with Crippen LogP contribution in [-0.2, 0) is 4.74 Å². The monoisotopic (exact) mass is 329 g/mol. The number of nitrogens with one attached hydrogen (secondary N) is 1. The van der Waals surface area contributed by atoms with Gasteiger partial charge in [0.05, 0.1) is 18.3 Å². The van der Waals surface area contributed by atoms with E-state index in [-0.39, 0.29) is 23.3 Å². The highest BCUT2D eigenvalue weighted by molar-refractivity contribution is 5.97. The van der Waals surface area contributed by atoms with E-state index in [4.69, 9.17) is 4.74 Å². The van der Waals surface area contributed by atoms with Gasteiger partial charge in [0, 0.05) is 37.7 Å². The maximum absolute atomic E-state index is 12.4. The van der Waals surface area contributed by atoms with Gasteiger partial charge in [-0.05, 0) is 43.8 Å². The van der Waals surface area contributed by atoms with Gasteiger partial charge < -0.3 is 24.6 Å².